The quantitative estimate of drug-likeness (QED) is 0.0173. The van der Waals surface area contributed by atoms with Gasteiger partial charge >= 0.3 is 5.97 Å². The van der Waals surface area contributed by atoms with Crippen molar-refractivity contribution in [3.05, 3.63) is 65.7 Å². The van der Waals surface area contributed by atoms with Crippen LogP contribution in [0.1, 0.15) is 49.7 Å². The van der Waals surface area contributed by atoms with Crippen LogP contribution in [0, 0.1) is 0 Å². The number of likely N-dealkylation sites (N-methyl/N-ethyl adjacent to an activating group) is 1. The number of carboxylic acids is 1. The summed E-state index contributed by atoms with van der Waals surface area (Å²) >= 11 is 9.26. The number of likely N-dealkylation sites (tertiary alicyclic amines) is 1. The van der Waals surface area contributed by atoms with Crippen molar-refractivity contribution >= 4 is 107 Å². The van der Waals surface area contributed by atoms with E-state index in [9.17, 15) is 67.4 Å². The van der Waals surface area contributed by atoms with Crippen LogP contribution in [0.25, 0.3) is 0 Å². The SMILES string of the molecule is CN(CCCNC(=O)[C@@H]1CCCN1C(=O)[C@H](C=S)NC(=O)[C@H](CC(N)=O)NC(=O)[C@H](CCC(N)=O)NC(=O)[C@H](Cc1ccccc1)NC(=O)[C@H](Cc1ccc(O)cc1)NC(=O)[C@H](CS)NC(=O)CNC(=O)CNC(=O)CN)CC(=O)O. The maximum Gasteiger partial charge on any atom is 0.317 e. The van der Waals surface area contributed by atoms with E-state index in [1.54, 1.807) is 42.3 Å². The number of aromatic hydroxyl groups is 1. The zero-order valence-corrected chi connectivity index (χ0v) is 46.0. The number of nitrogens with one attached hydrogen (secondary N) is 9. The molecule has 31 heteroatoms. The Bertz CT molecular complexity index is 2580. The maximum absolute atomic E-state index is 14.4. The summed E-state index contributed by atoms with van der Waals surface area (Å²) in [6, 6.07) is 3.20. The van der Waals surface area contributed by atoms with Crippen molar-refractivity contribution in [1.29, 1.82) is 0 Å². The number of carboxylic acid groups (broad SMARTS) is 1. The van der Waals surface area contributed by atoms with Crippen molar-refractivity contribution in [2.24, 2.45) is 17.2 Å². The van der Waals surface area contributed by atoms with E-state index in [4.69, 9.17) is 34.5 Å². The zero-order valence-electron chi connectivity index (χ0n) is 44.3. The van der Waals surface area contributed by atoms with Gasteiger partial charge in [-0.05, 0) is 56.0 Å². The van der Waals surface area contributed by atoms with Gasteiger partial charge in [0.2, 0.25) is 65.0 Å². The molecule has 12 amide bonds. The van der Waals surface area contributed by atoms with Gasteiger partial charge < -0.3 is 80.2 Å². The molecule has 29 nitrogen and oxygen atoms in total. The molecule has 81 heavy (non-hydrogen) atoms. The van der Waals surface area contributed by atoms with E-state index in [1.807, 2.05) is 0 Å². The van der Waals surface area contributed by atoms with Crippen molar-refractivity contribution in [3.8, 4) is 5.75 Å². The summed E-state index contributed by atoms with van der Waals surface area (Å²) in [5.74, 6) is -12.2. The Morgan fingerprint density at radius 3 is 1.81 bits per heavy atom. The van der Waals surface area contributed by atoms with Crippen LogP contribution in [-0.2, 0) is 75.2 Å². The molecule has 1 fully saturated rings. The molecule has 0 unspecified atom stereocenters. The minimum absolute atomic E-state index is 0.108. The third kappa shape index (κ3) is 24.3. The number of hydrogen-bond acceptors (Lipinski definition) is 18. The molecule has 2 aromatic carbocycles. The number of thiocarbonyl (C=S) groups is 1. The van der Waals surface area contributed by atoms with Crippen molar-refractivity contribution in [3.63, 3.8) is 0 Å². The number of amides is 12. The second-order valence-electron chi connectivity index (χ2n) is 18.6. The number of hydrogen-bond donors (Lipinski definition) is 15. The van der Waals surface area contributed by atoms with Crippen LogP contribution >= 0.6 is 24.8 Å². The molecule has 3 rings (SSSR count). The van der Waals surface area contributed by atoms with E-state index in [1.165, 1.54) is 29.2 Å². The first kappa shape index (κ1) is 67.0. The Morgan fingerprint density at radius 2 is 1.25 bits per heavy atom. The molecule has 0 spiro atoms. The molecule has 0 bridgehead atoms. The fraction of sp³-hybridized carbons (Fsp3) is 0.480. The Hall–Kier alpha value is -8.29. The number of phenolic OH excluding ortho intramolecular Hbond substituents is 1. The summed E-state index contributed by atoms with van der Waals surface area (Å²) in [4.78, 5) is 172. The molecule has 1 heterocycles. The average Bonchev–Trinajstić information content (AvgIpc) is 3.93. The van der Waals surface area contributed by atoms with Gasteiger partial charge in [0.25, 0.3) is 5.91 Å². The molecule has 0 saturated carbocycles. The largest absolute Gasteiger partial charge is 0.508 e. The number of carbonyl (C=O) groups excluding carboxylic acids is 12. The van der Waals surface area contributed by atoms with Crippen molar-refractivity contribution < 1.29 is 72.5 Å². The first-order valence-electron chi connectivity index (χ1n) is 25.4. The van der Waals surface area contributed by atoms with E-state index < -0.39 is 152 Å². The highest BCUT2D eigenvalue weighted by Crippen LogP contribution is 2.19. The second kappa shape index (κ2) is 34.7. The molecule has 2 aromatic rings. The molecule has 1 aliphatic rings. The molecule has 442 valence electrons. The summed E-state index contributed by atoms with van der Waals surface area (Å²) in [5.41, 5.74) is 17.0. The van der Waals surface area contributed by atoms with Crippen LogP contribution in [0.3, 0.4) is 0 Å². The highest BCUT2D eigenvalue weighted by atomic mass is 32.1. The summed E-state index contributed by atoms with van der Waals surface area (Å²) in [6.07, 6.45) is -1.28. The van der Waals surface area contributed by atoms with Crippen LogP contribution < -0.4 is 65.1 Å². The minimum atomic E-state index is -1.82. The third-order valence-corrected chi connectivity index (χ3v) is 12.8. The average molecular weight is 1170 g/mol. The van der Waals surface area contributed by atoms with E-state index in [-0.39, 0.29) is 56.9 Å². The van der Waals surface area contributed by atoms with Crippen LogP contribution in [0.4, 0.5) is 0 Å². The first-order chi connectivity index (χ1) is 38.4. The lowest BCUT2D eigenvalue weighted by Crippen LogP contribution is -2.61. The summed E-state index contributed by atoms with van der Waals surface area (Å²) in [6.45, 7) is -1.04. The molecule has 1 saturated heterocycles. The maximum atomic E-state index is 14.4. The molecule has 0 aromatic heterocycles. The fourth-order valence-corrected chi connectivity index (χ4v) is 8.44. The number of nitrogens with zero attached hydrogens (tertiary/aromatic N) is 2. The Kier molecular flexibility index (Phi) is 28.7. The van der Waals surface area contributed by atoms with Crippen molar-refractivity contribution in [2.45, 2.75) is 93.7 Å². The Balaban J connectivity index is 1.85. The number of carbonyl (C=O) groups is 13. The molecule has 0 aliphatic carbocycles. The van der Waals surface area contributed by atoms with Crippen LogP contribution in [0.15, 0.2) is 54.6 Å². The van der Waals surface area contributed by atoms with Crippen molar-refractivity contribution in [1.82, 2.24) is 57.7 Å². The van der Waals surface area contributed by atoms with Gasteiger partial charge in [-0.2, -0.15) is 12.6 Å². The zero-order chi connectivity index (χ0) is 60.2. The first-order valence-corrected chi connectivity index (χ1v) is 26.5. The van der Waals surface area contributed by atoms with E-state index in [0.29, 0.717) is 30.5 Å². The molecule has 17 N–H and O–H groups in total. The van der Waals surface area contributed by atoms with Gasteiger partial charge in [0.1, 0.15) is 48.0 Å². The van der Waals surface area contributed by atoms with Crippen LogP contribution in [-0.4, -0.2) is 203 Å². The lowest BCUT2D eigenvalue weighted by atomic mass is 10.0. The van der Waals surface area contributed by atoms with Gasteiger partial charge in [0, 0.05) is 50.0 Å². The summed E-state index contributed by atoms with van der Waals surface area (Å²) < 4.78 is 0. The summed E-state index contributed by atoms with van der Waals surface area (Å²) in [7, 11) is 1.61. The van der Waals surface area contributed by atoms with Crippen LogP contribution in [0.5, 0.6) is 5.75 Å². The van der Waals surface area contributed by atoms with E-state index in [0.717, 1.165) is 5.37 Å². The molecule has 7 atom stereocenters. The number of nitrogens with two attached hydrogens (primary N) is 3. The van der Waals surface area contributed by atoms with Gasteiger partial charge in [-0.25, -0.2) is 0 Å². The molecular weight excluding hydrogens is 1100 g/mol. The predicted octanol–water partition coefficient (Wildman–Crippen LogP) is -6.14. The lowest BCUT2D eigenvalue weighted by Gasteiger charge is -2.29. The van der Waals surface area contributed by atoms with Gasteiger partial charge in [0.15, 0.2) is 0 Å². The standard InChI is InChI=1S/C50H70N14O15S2/c1-63(25-43(71)72)17-6-16-54-49(78)37-9-5-18-64(37)50(79)36(27-81)62-47(76)34(21-39(53)67)61-44(73)31(14-15-38(52)66)58-45(74)32(19-28-7-3-2-4-8-28)59-46(75)33(20-29-10-12-30(65)13-11-29)60-48(77)35(26-80)57-42(70)24-56-41(69)23-55-40(68)22-51/h2-4,7-8,10-13,27,31-37,65,80H,5-6,9,14-26,51H2,1H3,(H2,52,66)(H2,53,67)(H,54,78)(H,55,68)(H,56,69)(H,57,70)(H,58,74)(H,59,75)(H,60,77)(H,61,73)(H,62,76)(H,71,72)/t31-,32-,33-,34-,35-,36-,37-/m0/s1. The molecular formula is C50H70N14O15S2. The number of aliphatic carboxylic acids is 1. The van der Waals surface area contributed by atoms with Gasteiger partial charge in [-0.15, -0.1) is 0 Å². The number of thiol groups is 1. The van der Waals surface area contributed by atoms with Gasteiger partial charge in [-0.3, -0.25) is 67.2 Å². The molecule has 1 aliphatic heterocycles. The van der Waals surface area contributed by atoms with Gasteiger partial charge in [-0.1, -0.05) is 54.7 Å². The fourth-order valence-electron chi connectivity index (χ4n) is 8.00. The Labute approximate surface area is 476 Å². The highest BCUT2D eigenvalue weighted by molar-refractivity contribution is 7.80. The van der Waals surface area contributed by atoms with E-state index >= 15 is 0 Å². The minimum Gasteiger partial charge on any atom is -0.508 e. The lowest BCUT2D eigenvalue weighted by molar-refractivity contribution is -0.140. The molecule has 0 radical (unpaired) electrons. The third-order valence-electron chi connectivity index (χ3n) is 12.1. The number of phenols is 1. The van der Waals surface area contributed by atoms with E-state index in [2.05, 4.69) is 60.5 Å². The van der Waals surface area contributed by atoms with Gasteiger partial charge in [0.05, 0.1) is 32.6 Å². The number of primary amides is 2. The normalized spacial score (nSPS) is 14.9. The topological polar surface area (TPSA) is 455 Å². The summed E-state index contributed by atoms with van der Waals surface area (Å²) in [5, 5.41) is 41.7. The number of benzene rings is 2. The van der Waals surface area contributed by atoms with Crippen molar-refractivity contribution in [2.75, 3.05) is 58.6 Å². The number of rotatable bonds is 35. The second-order valence-corrected chi connectivity index (χ2v) is 19.3. The highest BCUT2D eigenvalue weighted by Gasteiger charge is 2.39. The smallest absolute Gasteiger partial charge is 0.317 e. The Morgan fingerprint density at radius 1 is 0.704 bits per heavy atom. The predicted molar refractivity (Wildman–Crippen MR) is 296 cm³/mol. The monoisotopic (exact) mass is 1170 g/mol. The van der Waals surface area contributed by atoms with Crippen LogP contribution in [0.2, 0.25) is 0 Å².